The van der Waals surface area contributed by atoms with Crippen molar-refractivity contribution in [2.24, 2.45) is 0 Å². The largest absolute Gasteiger partial charge is 0.455 e. The van der Waals surface area contributed by atoms with Crippen LogP contribution in [-0.4, -0.2) is 9.13 Å². The highest BCUT2D eigenvalue weighted by Gasteiger charge is 2.38. The quantitative estimate of drug-likeness (QED) is 0.177. The molecule has 57 heavy (non-hydrogen) atoms. The van der Waals surface area contributed by atoms with Gasteiger partial charge in [-0.25, -0.2) is 0 Å². The van der Waals surface area contributed by atoms with Crippen LogP contribution in [0.5, 0.6) is 0 Å². The lowest BCUT2D eigenvalue weighted by Gasteiger charge is -2.22. The fourth-order valence-electron chi connectivity index (χ4n) is 9.77. The van der Waals surface area contributed by atoms with Crippen LogP contribution in [0, 0.1) is 0 Å². The van der Waals surface area contributed by atoms with Crippen LogP contribution in [0.2, 0.25) is 0 Å². The van der Waals surface area contributed by atoms with Crippen LogP contribution in [0.25, 0.3) is 94.4 Å². The van der Waals surface area contributed by atoms with Gasteiger partial charge in [0.1, 0.15) is 11.2 Å². The van der Waals surface area contributed by atoms with Crippen molar-refractivity contribution in [3.63, 3.8) is 0 Å². The molecule has 3 heteroatoms. The van der Waals surface area contributed by atoms with Crippen molar-refractivity contribution in [3.05, 3.63) is 186 Å². The van der Waals surface area contributed by atoms with E-state index in [9.17, 15) is 0 Å². The lowest BCUT2D eigenvalue weighted by atomic mass is 9.82. The van der Waals surface area contributed by atoms with Gasteiger partial charge < -0.3 is 13.6 Å². The van der Waals surface area contributed by atoms with Gasteiger partial charge in [0.15, 0.2) is 0 Å². The van der Waals surface area contributed by atoms with Gasteiger partial charge in [-0.05, 0) is 107 Å². The van der Waals surface area contributed by atoms with Crippen LogP contribution in [0.1, 0.15) is 50.1 Å². The van der Waals surface area contributed by atoms with E-state index < -0.39 is 0 Å². The highest BCUT2D eigenvalue weighted by molar-refractivity contribution is 6.13. The SMILES string of the molecule is CC.CC1(C)c2cc(-n3c4ccccc4c4cc(-c5ccc6c(c5)c5c(n6-c6ccccc6)C=CC=CC5)ccc43)ccc2-c2c1ccc1c2oc2ccccc21. The third-order valence-corrected chi connectivity index (χ3v) is 12.4. The van der Waals surface area contributed by atoms with Crippen LogP contribution in [0.3, 0.4) is 0 Å². The molecule has 0 atom stereocenters. The average Bonchev–Trinajstić information content (AvgIpc) is 3.90. The normalized spacial score (nSPS) is 13.9. The molecule has 3 aromatic heterocycles. The smallest absolute Gasteiger partial charge is 0.143 e. The van der Waals surface area contributed by atoms with Gasteiger partial charge >= 0.3 is 0 Å². The van der Waals surface area contributed by atoms with E-state index in [2.05, 4.69) is 193 Å². The molecule has 0 N–H and O–H groups in total. The number of allylic oxidation sites excluding steroid dienone is 3. The highest BCUT2D eigenvalue weighted by Crippen LogP contribution is 2.53. The van der Waals surface area contributed by atoms with Gasteiger partial charge in [-0.1, -0.05) is 131 Å². The number of nitrogens with zero attached hydrogens (tertiary/aromatic N) is 2. The van der Waals surface area contributed by atoms with Gasteiger partial charge in [-0.15, -0.1) is 0 Å². The molecular weight excluding hydrogens is 693 g/mol. The predicted octanol–water partition coefficient (Wildman–Crippen LogP) is 14.8. The number of benzene rings is 7. The summed E-state index contributed by atoms with van der Waals surface area (Å²) >= 11 is 0. The Morgan fingerprint density at radius 2 is 1.23 bits per heavy atom. The van der Waals surface area contributed by atoms with Crippen LogP contribution >= 0.6 is 0 Å². The van der Waals surface area contributed by atoms with Crippen LogP contribution in [0.4, 0.5) is 0 Å². The molecule has 2 aliphatic rings. The molecule has 7 aromatic carbocycles. The van der Waals surface area contributed by atoms with E-state index in [1.807, 2.05) is 13.8 Å². The first kappa shape index (κ1) is 33.5. The molecule has 3 heterocycles. The maximum atomic E-state index is 6.58. The first-order valence-electron chi connectivity index (χ1n) is 20.2. The molecule has 274 valence electrons. The number of furan rings is 1. The Morgan fingerprint density at radius 3 is 2.05 bits per heavy atom. The summed E-state index contributed by atoms with van der Waals surface area (Å²) in [5.74, 6) is 0. The number of aromatic nitrogens is 2. The average molecular weight is 735 g/mol. The molecular formula is C54H42N2O. The second kappa shape index (κ2) is 12.6. The third kappa shape index (κ3) is 4.79. The molecule has 0 radical (unpaired) electrons. The Bertz CT molecular complexity index is 3310. The zero-order valence-corrected chi connectivity index (χ0v) is 32.7. The van der Waals surface area contributed by atoms with E-state index >= 15 is 0 Å². The van der Waals surface area contributed by atoms with Crippen molar-refractivity contribution < 1.29 is 4.42 Å². The number of rotatable bonds is 3. The molecule has 0 amide bonds. The zero-order valence-electron chi connectivity index (χ0n) is 32.7. The van der Waals surface area contributed by atoms with Gasteiger partial charge in [0.2, 0.25) is 0 Å². The van der Waals surface area contributed by atoms with Gasteiger partial charge in [-0.3, -0.25) is 0 Å². The predicted molar refractivity (Wildman–Crippen MR) is 241 cm³/mol. The maximum Gasteiger partial charge on any atom is 0.143 e. The minimum atomic E-state index is -0.179. The summed E-state index contributed by atoms with van der Waals surface area (Å²) in [4.78, 5) is 0. The fraction of sp³-hybridized carbons (Fsp3) is 0.111. The molecule has 0 unspecified atom stereocenters. The lowest BCUT2D eigenvalue weighted by Crippen LogP contribution is -2.15. The Balaban J connectivity index is 0.00000184. The first-order valence-corrected chi connectivity index (χ1v) is 20.2. The van der Waals surface area contributed by atoms with Crippen molar-refractivity contribution in [2.75, 3.05) is 0 Å². The monoisotopic (exact) mass is 734 g/mol. The van der Waals surface area contributed by atoms with E-state index in [4.69, 9.17) is 4.42 Å². The standard InChI is InChI=1S/C52H36N2O.C2H6/c1-52(2)43-26-25-39-38-17-10-12-20-49(38)55-51(39)50(43)40-24-23-35(31-44(40)52)54-46-19-11-9-16-37(46)42-30-33(22-28-48(42)54)32-21-27-47-41(29-32)36-15-7-4-8-18-45(36)53(47)34-13-5-3-6-14-34;1-2/h3-14,16-31H,15H2,1-2H3;1-2H3. The highest BCUT2D eigenvalue weighted by atomic mass is 16.3. The van der Waals surface area contributed by atoms with Crippen molar-refractivity contribution in [1.82, 2.24) is 9.13 Å². The molecule has 0 saturated carbocycles. The van der Waals surface area contributed by atoms with Crippen molar-refractivity contribution in [3.8, 4) is 33.6 Å². The van der Waals surface area contributed by atoms with Crippen LogP contribution in [0.15, 0.2) is 168 Å². The van der Waals surface area contributed by atoms with Gasteiger partial charge in [0, 0.05) is 49.3 Å². The van der Waals surface area contributed by atoms with Crippen LogP contribution < -0.4 is 0 Å². The molecule has 2 aliphatic carbocycles. The molecule has 10 aromatic rings. The summed E-state index contributed by atoms with van der Waals surface area (Å²) in [6.45, 7) is 8.70. The summed E-state index contributed by atoms with van der Waals surface area (Å²) < 4.78 is 11.4. The number of hydrogen-bond donors (Lipinski definition) is 0. The summed E-state index contributed by atoms with van der Waals surface area (Å²) in [7, 11) is 0. The maximum absolute atomic E-state index is 6.58. The van der Waals surface area contributed by atoms with Crippen molar-refractivity contribution >= 4 is 60.7 Å². The number of para-hydroxylation sites is 3. The second-order valence-electron chi connectivity index (χ2n) is 15.7. The molecule has 0 bridgehead atoms. The lowest BCUT2D eigenvalue weighted by molar-refractivity contribution is 0.653. The minimum Gasteiger partial charge on any atom is -0.455 e. The summed E-state index contributed by atoms with van der Waals surface area (Å²) in [6.07, 6.45) is 9.75. The molecule has 0 aliphatic heterocycles. The summed E-state index contributed by atoms with van der Waals surface area (Å²) in [6, 6.07) is 53.6. The molecule has 12 rings (SSSR count). The van der Waals surface area contributed by atoms with E-state index in [0.29, 0.717) is 0 Å². The summed E-state index contributed by atoms with van der Waals surface area (Å²) in [5.41, 5.74) is 18.0. The van der Waals surface area contributed by atoms with E-state index in [0.717, 1.165) is 17.6 Å². The van der Waals surface area contributed by atoms with Gasteiger partial charge in [-0.2, -0.15) is 0 Å². The molecule has 0 fully saturated rings. The summed E-state index contributed by atoms with van der Waals surface area (Å²) in [5, 5.41) is 6.16. The number of hydrogen-bond acceptors (Lipinski definition) is 1. The van der Waals surface area contributed by atoms with Gasteiger partial charge in [0.25, 0.3) is 0 Å². The first-order chi connectivity index (χ1) is 28.0. The second-order valence-corrected chi connectivity index (χ2v) is 15.7. The topological polar surface area (TPSA) is 23.0 Å². The molecule has 0 saturated heterocycles. The third-order valence-electron chi connectivity index (χ3n) is 12.4. The Labute approximate surface area is 332 Å². The van der Waals surface area contributed by atoms with E-state index in [1.165, 1.54) is 99.5 Å². The Hall–Kier alpha value is -6.84. The van der Waals surface area contributed by atoms with Crippen LogP contribution in [-0.2, 0) is 11.8 Å². The molecule has 3 nitrogen and oxygen atoms in total. The fourth-order valence-corrected chi connectivity index (χ4v) is 9.77. The van der Waals surface area contributed by atoms with Gasteiger partial charge in [0.05, 0.1) is 22.2 Å². The Morgan fingerprint density at radius 1 is 0.526 bits per heavy atom. The number of fused-ring (bicyclic) bond motifs is 13. The minimum absolute atomic E-state index is 0.179. The van der Waals surface area contributed by atoms with Crippen molar-refractivity contribution in [1.29, 1.82) is 0 Å². The Kier molecular flexibility index (Phi) is 7.40. The van der Waals surface area contributed by atoms with E-state index in [-0.39, 0.29) is 5.41 Å². The zero-order chi connectivity index (χ0) is 38.4. The van der Waals surface area contributed by atoms with Crippen molar-refractivity contribution in [2.45, 2.75) is 39.5 Å². The van der Waals surface area contributed by atoms with E-state index in [1.54, 1.807) is 0 Å². The molecule has 0 spiro atoms.